The van der Waals surface area contributed by atoms with E-state index in [4.69, 9.17) is 0 Å². The fourth-order valence-electron chi connectivity index (χ4n) is 2.72. The average Bonchev–Trinajstić information content (AvgIpc) is 2.81. The van der Waals surface area contributed by atoms with Gasteiger partial charge in [0.05, 0.1) is 4.90 Å². The van der Waals surface area contributed by atoms with Crippen LogP contribution in [-0.2, 0) is 16.4 Å². The molecule has 104 valence electrons. The van der Waals surface area contributed by atoms with Crippen molar-refractivity contribution < 1.29 is 8.42 Å². The number of aryl methyl sites for hydroxylation is 2. The van der Waals surface area contributed by atoms with E-state index in [1.807, 2.05) is 18.2 Å². The van der Waals surface area contributed by atoms with Crippen molar-refractivity contribution in [3.8, 4) is 0 Å². The van der Waals surface area contributed by atoms with Crippen molar-refractivity contribution in [3.63, 3.8) is 0 Å². The minimum absolute atomic E-state index is 0.115. The van der Waals surface area contributed by atoms with Crippen LogP contribution in [0.25, 0.3) is 0 Å². The summed E-state index contributed by atoms with van der Waals surface area (Å²) in [4.78, 5) is 0.320. The Bertz CT molecular complexity index is 723. The molecule has 0 amide bonds. The van der Waals surface area contributed by atoms with Crippen molar-refractivity contribution in [2.75, 3.05) is 0 Å². The van der Waals surface area contributed by atoms with Crippen molar-refractivity contribution in [2.45, 2.75) is 30.7 Å². The van der Waals surface area contributed by atoms with Gasteiger partial charge in [0.1, 0.15) is 0 Å². The summed E-state index contributed by atoms with van der Waals surface area (Å²) >= 11 is 0. The molecule has 2 aromatic rings. The van der Waals surface area contributed by atoms with Gasteiger partial charge in [0.25, 0.3) is 0 Å². The number of hydrogen-bond donors (Lipinski definition) is 1. The first-order chi connectivity index (χ1) is 9.56. The number of sulfonamides is 1. The maximum absolute atomic E-state index is 12.4. The van der Waals surface area contributed by atoms with Gasteiger partial charge < -0.3 is 0 Å². The highest BCUT2D eigenvalue weighted by atomic mass is 32.2. The highest BCUT2D eigenvalue weighted by Crippen LogP contribution is 2.32. The number of rotatable bonds is 3. The molecule has 3 rings (SSSR count). The van der Waals surface area contributed by atoms with Crippen LogP contribution in [0.2, 0.25) is 0 Å². The van der Waals surface area contributed by atoms with Gasteiger partial charge in [-0.15, -0.1) is 0 Å². The molecular weight excluding hydrogens is 270 g/mol. The summed E-state index contributed by atoms with van der Waals surface area (Å²) in [6.45, 7) is 2.06. The molecule has 3 nitrogen and oxygen atoms in total. The average molecular weight is 287 g/mol. The van der Waals surface area contributed by atoms with Crippen molar-refractivity contribution in [2.24, 2.45) is 0 Å². The molecule has 0 spiro atoms. The lowest BCUT2D eigenvalue weighted by Crippen LogP contribution is -2.27. The summed E-state index contributed by atoms with van der Waals surface area (Å²) in [5.41, 5.74) is 3.58. The van der Waals surface area contributed by atoms with Gasteiger partial charge >= 0.3 is 0 Å². The summed E-state index contributed by atoms with van der Waals surface area (Å²) < 4.78 is 27.5. The molecule has 1 aliphatic rings. The molecule has 1 atom stereocenters. The third-order valence-electron chi connectivity index (χ3n) is 3.73. The predicted octanol–water partition coefficient (Wildman–Crippen LogP) is 2.96. The SMILES string of the molecule is Cc1ccc2c(c1)CCC2NS(=O)(=O)c1ccccc1. The van der Waals surface area contributed by atoms with Crippen LogP contribution in [0.5, 0.6) is 0 Å². The smallest absolute Gasteiger partial charge is 0.207 e. The largest absolute Gasteiger partial charge is 0.241 e. The zero-order chi connectivity index (χ0) is 14.2. The van der Waals surface area contributed by atoms with E-state index in [9.17, 15) is 8.42 Å². The van der Waals surface area contributed by atoms with E-state index in [0.717, 1.165) is 18.4 Å². The molecule has 4 heteroatoms. The quantitative estimate of drug-likeness (QED) is 0.943. The number of benzene rings is 2. The van der Waals surface area contributed by atoms with Crippen molar-refractivity contribution in [1.82, 2.24) is 4.72 Å². The Morgan fingerprint density at radius 1 is 1.10 bits per heavy atom. The molecule has 2 aromatic carbocycles. The Morgan fingerprint density at radius 3 is 2.60 bits per heavy atom. The van der Waals surface area contributed by atoms with Gasteiger partial charge in [0.2, 0.25) is 10.0 Å². The van der Waals surface area contributed by atoms with Crippen molar-refractivity contribution in [3.05, 3.63) is 65.2 Å². The Balaban J connectivity index is 1.88. The Morgan fingerprint density at radius 2 is 1.85 bits per heavy atom. The molecule has 1 N–H and O–H groups in total. The molecule has 0 saturated heterocycles. The molecule has 0 saturated carbocycles. The Kier molecular flexibility index (Phi) is 3.36. The molecule has 0 aromatic heterocycles. The predicted molar refractivity (Wildman–Crippen MR) is 79.0 cm³/mol. The third-order valence-corrected chi connectivity index (χ3v) is 5.21. The van der Waals surface area contributed by atoms with E-state index in [1.165, 1.54) is 11.1 Å². The van der Waals surface area contributed by atoms with Crippen LogP contribution in [0, 0.1) is 6.92 Å². The van der Waals surface area contributed by atoms with Crippen LogP contribution < -0.4 is 4.72 Å². The van der Waals surface area contributed by atoms with Gasteiger partial charge in [-0.3, -0.25) is 0 Å². The normalized spacial score (nSPS) is 17.9. The van der Waals surface area contributed by atoms with Crippen LogP contribution in [0.4, 0.5) is 0 Å². The molecule has 0 heterocycles. The molecule has 1 aliphatic carbocycles. The van der Waals surface area contributed by atoms with Gasteiger partial charge in [-0.1, -0.05) is 42.0 Å². The first-order valence-electron chi connectivity index (χ1n) is 6.73. The third kappa shape index (κ3) is 2.49. The summed E-state index contributed by atoms with van der Waals surface area (Å²) in [5.74, 6) is 0. The fraction of sp³-hybridized carbons (Fsp3) is 0.250. The molecule has 20 heavy (non-hydrogen) atoms. The summed E-state index contributed by atoms with van der Waals surface area (Å²) in [5, 5.41) is 0. The topological polar surface area (TPSA) is 46.2 Å². The number of nitrogens with one attached hydrogen (secondary N) is 1. The molecule has 0 fully saturated rings. The van der Waals surface area contributed by atoms with Crippen LogP contribution >= 0.6 is 0 Å². The summed E-state index contributed by atoms with van der Waals surface area (Å²) in [6.07, 6.45) is 1.75. The van der Waals surface area contributed by atoms with E-state index in [2.05, 4.69) is 17.7 Å². The van der Waals surface area contributed by atoms with Gasteiger partial charge in [-0.05, 0) is 43.0 Å². The standard InChI is InChI=1S/C16H17NO2S/c1-12-7-9-15-13(11-12)8-10-16(15)17-20(18,19)14-5-3-2-4-6-14/h2-7,9,11,16-17H,8,10H2,1H3. The highest BCUT2D eigenvalue weighted by molar-refractivity contribution is 7.89. The Labute approximate surface area is 119 Å². The molecule has 0 bridgehead atoms. The lowest BCUT2D eigenvalue weighted by atomic mass is 10.1. The lowest BCUT2D eigenvalue weighted by Gasteiger charge is -2.14. The van der Waals surface area contributed by atoms with Gasteiger partial charge in [-0.2, -0.15) is 0 Å². The van der Waals surface area contributed by atoms with E-state index >= 15 is 0 Å². The fourth-order valence-corrected chi connectivity index (χ4v) is 3.99. The van der Waals surface area contributed by atoms with Gasteiger partial charge in [-0.25, -0.2) is 13.1 Å². The van der Waals surface area contributed by atoms with Crippen LogP contribution in [0.3, 0.4) is 0 Å². The molecule has 0 radical (unpaired) electrons. The second-order valence-electron chi connectivity index (χ2n) is 5.23. The molecule has 0 aliphatic heterocycles. The van der Waals surface area contributed by atoms with Crippen LogP contribution in [0.1, 0.15) is 29.2 Å². The highest BCUT2D eigenvalue weighted by Gasteiger charge is 2.27. The zero-order valence-corrected chi connectivity index (χ0v) is 12.2. The summed E-state index contributed by atoms with van der Waals surface area (Å²) in [6, 6.07) is 14.6. The maximum Gasteiger partial charge on any atom is 0.241 e. The maximum atomic E-state index is 12.4. The molecular formula is C16H17NO2S. The Hall–Kier alpha value is -1.65. The lowest BCUT2D eigenvalue weighted by molar-refractivity contribution is 0.554. The minimum atomic E-state index is -3.45. The minimum Gasteiger partial charge on any atom is -0.207 e. The monoisotopic (exact) mass is 287 g/mol. The van der Waals surface area contributed by atoms with Gasteiger partial charge in [0.15, 0.2) is 0 Å². The van der Waals surface area contributed by atoms with Crippen molar-refractivity contribution >= 4 is 10.0 Å². The zero-order valence-electron chi connectivity index (χ0n) is 11.3. The van der Waals surface area contributed by atoms with E-state index in [-0.39, 0.29) is 6.04 Å². The van der Waals surface area contributed by atoms with E-state index in [1.54, 1.807) is 24.3 Å². The first kappa shape index (κ1) is 13.3. The summed E-state index contributed by atoms with van der Waals surface area (Å²) in [7, 11) is -3.45. The van der Waals surface area contributed by atoms with Gasteiger partial charge in [0, 0.05) is 6.04 Å². The second-order valence-corrected chi connectivity index (χ2v) is 6.94. The second kappa shape index (κ2) is 5.04. The number of hydrogen-bond acceptors (Lipinski definition) is 2. The van der Waals surface area contributed by atoms with Crippen LogP contribution in [0.15, 0.2) is 53.4 Å². The number of fused-ring (bicyclic) bond motifs is 1. The molecule has 1 unspecified atom stereocenters. The van der Waals surface area contributed by atoms with E-state index in [0.29, 0.717) is 4.90 Å². The van der Waals surface area contributed by atoms with E-state index < -0.39 is 10.0 Å². The first-order valence-corrected chi connectivity index (χ1v) is 8.21. The van der Waals surface area contributed by atoms with Crippen LogP contribution in [-0.4, -0.2) is 8.42 Å². The van der Waals surface area contributed by atoms with Crippen molar-refractivity contribution in [1.29, 1.82) is 0 Å².